The number of thiophene rings is 1. The number of fused-ring (bicyclic) bond motifs is 4. The zero-order valence-corrected chi connectivity index (χ0v) is 33.7. The van der Waals surface area contributed by atoms with Crippen molar-refractivity contribution in [2.24, 2.45) is 0 Å². The van der Waals surface area contributed by atoms with Crippen molar-refractivity contribution >= 4 is 59.3 Å². The SMILES string of the molecule is c1ccc(-c2cccc(-c3ccc(N(c4ccc5cccc(-c6ccccc6)c5c4)c4cccc5c4sc4c(-c6ccccc6)ccc(-c6ccccc6)c45)cc3)c2)cc1. The van der Waals surface area contributed by atoms with Gasteiger partial charge in [-0.3, -0.25) is 0 Å². The monoisotopic (exact) mass is 781 g/mol. The van der Waals surface area contributed by atoms with E-state index in [-0.39, 0.29) is 0 Å². The highest BCUT2D eigenvalue weighted by atomic mass is 32.1. The molecule has 10 aromatic carbocycles. The molecule has 0 saturated carbocycles. The number of anilines is 3. The average Bonchev–Trinajstić information content (AvgIpc) is 3.73. The third kappa shape index (κ3) is 6.44. The van der Waals surface area contributed by atoms with Gasteiger partial charge in [0.2, 0.25) is 0 Å². The van der Waals surface area contributed by atoms with Crippen LogP contribution in [0, 0.1) is 0 Å². The van der Waals surface area contributed by atoms with Crippen molar-refractivity contribution in [1.82, 2.24) is 0 Å². The van der Waals surface area contributed by atoms with Gasteiger partial charge in [-0.1, -0.05) is 200 Å². The van der Waals surface area contributed by atoms with Gasteiger partial charge in [-0.05, 0) is 103 Å². The van der Waals surface area contributed by atoms with E-state index in [2.05, 4.69) is 241 Å². The zero-order chi connectivity index (χ0) is 39.8. The first-order chi connectivity index (χ1) is 29.8. The Morgan fingerprint density at radius 3 is 1.47 bits per heavy atom. The lowest BCUT2D eigenvalue weighted by molar-refractivity contribution is 1.31. The lowest BCUT2D eigenvalue weighted by Gasteiger charge is -2.27. The van der Waals surface area contributed by atoms with Gasteiger partial charge >= 0.3 is 0 Å². The molecule has 1 heterocycles. The molecule has 1 aromatic heterocycles. The summed E-state index contributed by atoms with van der Waals surface area (Å²) in [7, 11) is 0. The van der Waals surface area contributed by atoms with E-state index in [1.807, 2.05) is 11.3 Å². The molecule has 0 N–H and O–H groups in total. The normalized spacial score (nSPS) is 11.3. The number of rotatable bonds is 8. The van der Waals surface area contributed by atoms with Crippen LogP contribution in [0.5, 0.6) is 0 Å². The van der Waals surface area contributed by atoms with Crippen LogP contribution in [0.3, 0.4) is 0 Å². The van der Waals surface area contributed by atoms with Gasteiger partial charge in [-0.15, -0.1) is 11.3 Å². The van der Waals surface area contributed by atoms with E-state index in [0.29, 0.717) is 0 Å². The molecule has 1 nitrogen and oxygen atoms in total. The molecule has 0 radical (unpaired) electrons. The smallest absolute Gasteiger partial charge is 0.0640 e. The van der Waals surface area contributed by atoms with Crippen molar-refractivity contribution in [3.63, 3.8) is 0 Å². The molecule has 0 aliphatic rings. The second-order valence-electron chi connectivity index (χ2n) is 15.3. The molecule has 2 heteroatoms. The van der Waals surface area contributed by atoms with Crippen LogP contribution >= 0.6 is 11.3 Å². The van der Waals surface area contributed by atoms with Gasteiger partial charge in [0, 0.05) is 26.8 Å². The quantitative estimate of drug-likeness (QED) is 0.148. The topological polar surface area (TPSA) is 3.24 Å². The van der Waals surface area contributed by atoms with Crippen molar-refractivity contribution in [1.29, 1.82) is 0 Å². The van der Waals surface area contributed by atoms with Crippen LogP contribution in [0.25, 0.3) is 86.6 Å². The lowest BCUT2D eigenvalue weighted by atomic mass is 9.94. The van der Waals surface area contributed by atoms with Crippen molar-refractivity contribution in [2.45, 2.75) is 0 Å². The second kappa shape index (κ2) is 15.3. The molecule has 0 saturated heterocycles. The molecule has 0 unspecified atom stereocenters. The highest BCUT2D eigenvalue weighted by Crippen LogP contribution is 2.50. The van der Waals surface area contributed by atoms with E-state index < -0.39 is 0 Å². The van der Waals surface area contributed by atoms with Crippen LogP contribution in [-0.4, -0.2) is 0 Å². The van der Waals surface area contributed by atoms with Crippen LogP contribution in [-0.2, 0) is 0 Å². The molecule has 0 aliphatic heterocycles. The van der Waals surface area contributed by atoms with E-state index in [4.69, 9.17) is 0 Å². The summed E-state index contributed by atoms with van der Waals surface area (Å²) in [5.74, 6) is 0. The highest BCUT2D eigenvalue weighted by Gasteiger charge is 2.22. The summed E-state index contributed by atoms with van der Waals surface area (Å²) in [4.78, 5) is 2.47. The van der Waals surface area contributed by atoms with Crippen LogP contribution in [0.4, 0.5) is 17.1 Å². The number of nitrogens with zero attached hydrogens (tertiary/aromatic N) is 1. The maximum absolute atomic E-state index is 2.47. The first-order valence-electron chi connectivity index (χ1n) is 20.5. The zero-order valence-electron chi connectivity index (χ0n) is 32.9. The first kappa shape index (κ1) is 35.6. The Bertz CT molecular complexity index is 3280. The average molecular weight is 782 g/mol. The van der Waals surface area contributed by atoms with Gasteiger partial charge in [-0.2, -0.15) is 0 Å². The summed E-state index contributed by atoms with van der Waals surface area (Å²) >= 11 is 1.90. The van der Waals surface area contributed by atoms with Gasteiger partial charge in [0.05, 0.1) is 10.4 Å². The summed E-state index contributed by atoms with van der Waals surface area (Å²) in [5, 5.41) is 4.99. The Hall–Kier alpha value is -7.52. The molecule has 0 bridgehead atoms. The Kier molecular flexibility index (Phi) is 9.11. The Labute approximate surface area is 354 Å². The van der Waals surface area contributed by atoms with Gasteiger partial charge in [0.15, 0.2) is 0 Å². The summed E-state index contributed by atoms with van der Waals surface area (Å²) in [6.07, 6.45) is 0. The van der Waals surface area contributed by atoms with Gasteiger partial charge < -0.3 is 4.90 Å². The molecule has 0 aliphatic carbocycles. The van der Waals surface area contributed by atoms with Crippen molar-refractivity contribution < 1.29 is 0 Å². The molecule has 0 fully saturated rings. The minimum Gasteiger partial charge on any atom is -0.309 e. The van der Waals surface area contributed by atoms with Crippen LogP contribution in [0.2, 0.25) is 0 Å². The third-order valence-corrected chi connectivity index (χ3v) is 12.9. The van der Waals surface area contributed by atoms with Crippen molar-refractivity contribution in [3.05, 3.63) is 237 Å². The van der Waals surface area contributed by atoms with Gasteiger partial charge in [-0.25, -0.2) is 0 Å². The van der Waals surface area contributed by atoms with E-state index in [1.54, 1.807) is 0 Å². The van der Waals surface area contributed by atoms with E-state index in [0.717, 1.165) is 17.1 Å². The number of hydrogen-bond donors (Lipinski definition) is 0. The summed E-state index contributed by atoms with van der Waals surface area (Å²) in [5.41, 5.74) is 15.6. The maximum Gasteiger partial charge on any atom is 0.0640 e. The molecular weight excluding hydrogens is 743 g/mol. The van der Waals surface area contributed by atoms with Gasteiger partial charge in [0.1, 0.15) is 0 Å². The minimum atomic E-state index is 1.10. The number of benzene rings is 10. The summed E-state index contributed by atoms with van der Waals surface area (Å²) in [6, 6.07) is 86.0. The highest BCUT2D eigenvalue weighted by molar-refractivity contribution is 7.27. The molecule has 60 heavy (non-hydrogen) atoms. The van der Waals surface area contributed by atoms with Crippen molar-refractivity contribution in [3.8, 4) is 55.6 Å². The Balaban J connectivity index is 1.14. The number of hydrogen-bond acceptors (Lipinski definition) is 2. The molecule has 11 aromatic rings. The molecule has 11 rings (SSSR count). The van der Waals surface area contributed by atoms with Crippen LogP contribution in [0.15, 0.2) is 237 Å². The Morgan fingerprint density at radius 1 is 0.283 bits per heavy atom. The third-order valence-electron chi connectivity index (χ3n) is 11.7. The van der Waals surface area contributed by atoms with Gasteiger partial charge in [0.25, 0.3) is 0 Å². The van der Waals surface area contributed by atoms with E-state index >= 15 is 0 Å². The predicted octanol–water partition coefficient (Wildman–Crippen LogP) is 17.0. The first-order valence-corrected chi connectivity index (χ1v) is 21.3. The molecule has 282 valence electrons. The minimum absolute atomic E-state index is 1.10. The van der Waals surface area contributed by atoms with E-state index in [1.165, 1.54) is 86.6 Å². The van der Waals surface area contributed by atoms with E-state index in [9.17, 15) is 0 Å². The predicted molar refractivity (Wildman–Crippen MR) is 259 cm³/mol. The molecule has 0 atom stereocenters. The summed E-state index contributed by atoms with van der Waals surface area (Å²) in [6.45, 7) is 0. The molecule has 0 amide bonds. The standard InChI is InChI=1S/C58H39NS/c1-5-16-40(17-6-1)46-25-13-26-47(38-46)41-30-33-48(34-31-41)59(49-35-32-45-24-14-27-50(54(45)39-49)42-18-7-2-8-19-42)55-29-15-28-53-56-51(43-20-9-3-10-21-43)36-37-52(58(56)60-57(53)55)44-22-11-4-12-23-44/h1-39H. The largest absolute Gasteiger partial charge is 0.309 e. The summed E-state index contributed by atoms with van der Waals surface area (Å²) < 4.78 is 2.55. The van der Waals surface area contributed by atoms with Crippen LogP contribution < -0.4 is 4.90 Å². The van der Waals surface area contributed by atoms with Crippen LogP contribution in [0.1, 0.15) is 0 Å². The lowest BCUT2D eigenvalue weighted by Crippen LogP contribution is -2.10. The molecular formula is C58H39NS. The maximum atomic E-state index is 2.47. The second-order valence-corrected chi connectivity index (χ2v) is 16.3. The fourth-order valence-electron chi connectivity index (χ4n) is 8.77. The fraction of sp³-hybridized carbons (Fsp3) is 0. The fourth-order valence-corrected chi connectivity index (χ4v) is 10.1. The Morgan fingerprint density at radius 2 is 0.800 bits per heavy atom. The molecule has 0 spiro atoms. The van der Waals surface area contributed by atoms with Crippen molar-refractivity contribution in [2.75, 3.05) is 4.90 Å².